The Hall–Kier alpha value is -3.26. The quantitative estimate of drug-likeness (QED) is 0.435. The van der Waals surface area contributed by atoms with Gasteiger partial charge in [-0.2, -0.15) is 0 Å². The fourth-order valence-corrected chi connectivity index (χ4v) is 8.02. The van der Waals surface area contributed by atoms with Crippen LogP contribution in [0.5, 0.6) is 5.75 Å². The second-order valence-corrected chi connectivity index (χ2v) is 15.9. The molecule has 49 heavy (non-hydrogen) atoms. The highest BCUT2D eigenvalue weighted by molar-refractivity contribution is 7.90. The van der Waals surface area contributed by atoms with Gasteiger partial charge in [-0.3, -0.25) is 9.59 Å². The fraction of sp³-hybridized carbons (Fsp3) is 0.543. The van der Waals surface area contributed by atoms with Gasteiger partial charge in [0.2, 0.25) is 5.91 Å². The van der Waals surface area contributed by atoms with Crippen molar-refractivity contribution in [2.45, 2.75) is 75.1 Å². The molecule has 1 N–H and O–H groups in total. The van der Waals surface area contributed by atoms with Crippen LogP contribution in [0, 0.1) is 11.8 Å². The Morgan fingerprint density at radius 3 is 2.63 bits per heavy atom. The van der Waals surface area contributed by atoms with Gasteiger partial charge < -0.3 is 24.0 Å². The lowest BCUT2D eigenvalue weighted by molar-refractivity contribution is -0.171. The molecule has 2 bridgehead atoms. The van der Waals surface area contributed by atoms with E-state index in [-0.39, 0.29) is 36.6 Å². The summed E-state index contributed by atoms with van der Waals surface area (Å²) in [7, 11) is -4.27. The first-order valence-corrected chi connectivity index (χ1v) is 18.5. The summed E-state index contributed by atoms with van der Waals surface area (Å²) in [6.07, 6.45) is 7.11. The average Bonchev–Trinajstić information content (AvgIpc) is 3.04. The van der Waals surface area contributed by atoms with Crippen molar-refractivity contribution < 1.29 is 41.0 Å². The lowest BCUT2D eigenvalue weighted by Gasteiger charge is -2.44. The summed E-state index contributed by atoms with van der Waals surface area (Å²) in [5, 5.41) is 0.649. The maximum absolute atomic E-state index is 13.6. The fourth-order valence-electron chi connectivity index (χ4n) is 6.71. The van der Waals surface area contributed by atoms with Crippen LogP contribution < -0.4 is 14.4 Å². The van der Waals surface area contributed by atoms with Gasteiger partial charge in [0.05, 0.1) is 36.4 Å². The molecule has 4 aliphatic rings. The number of carbonyl (C=O) groups excluding carboxylic acids is 2. The lowest BCUT2D eigenvalue weighted by Crippen LogP contribution is -2.59. The first kappa shape index (κ1) is 35.6. The Bertz CT molecular complexity index is 1710. The molecule has 6 rings (SSSR count). The number of hydrogen-bond acceptors (Lipinski definition) is 8. The van der Waals surface area contributed by atoms with E-state index in [0.717, 1.165) is 48.1 Å². The molecule has 0 aromatic heterocycles. The van der Waals surface area contributed by atoms with Crippen molar-refractivity contribution in [1.82, 2.24) is 9.62 Å². The molecule has 3 heterocycles. The number of ether oxygens (including phenoxy) is 3. The zero-order valence-corrected chi connectivity index (χ0v) is 29.2. The summed E-state index contributed by atoms with van der Waals surface area (Å²) in [6, 6.07) is 10.3. The molecule has 1 aliphatic carbocycles. The number of likely N-dealkylation sites (tertiary alicyclic amines) is 1. The van der Waals surface area contributed by atoms with Crippen LogP contribution in [0.25, 0.3) is 0 Å². The van der Waals surface area contributed by atoms with E-state index in [4.69, 9.17) is 25.8 Å². The normalized spacial score (nSPS) is 27.0. The van der Waals surface area contributed by atoms with Crippen molar-refractivity contribution in [2.24, 2.45) is 11.8 Å². The number of nitrogens with one attached hydrogen (secondary N) is 1. The Labute approximate surface area is 290 Å². The molecular weight excluding hydrogens is 680 g/mol. The molecule has 3 aliphatic heterocycles. The zero-order valence-electron chi connectivity index (χ0n) is 27.6. The van der Waals surface area contributed by atoms with Gasteiger partial charge in [-0.05, 0) is 99.2 Å². The minimum Gasteiger partial charge on any atom is -0.487 e. The second kappa shape index (κ2) is 14.2. The minimum absolute atomic E-state index is 0.00744. The predicted octanol–water partition coefficient (Wildman–Crippen LogP) is 5.12. The number of hydrogen-bond donors (Lipinski definition) is 1. The zero-order chi connectivity index (χ0) is 35.0. The Balaban J connectivity index is 1.32. The SMILES string of the molecule is CC1(C)OC/C=C\[C@H](OCC(=O)N2CC(F)(F)C2)[C@@H]2CC[C@H]2CN2CCCCc3cc(Cl)ccc3COc3ccc(cc32)S(=O)(=O)NC1=O. The number of rotatable bonds is 3. The molecule has 1 saturated carbocycles. The van der Waals surface area contributed by atoms with Crippen molar-refractivity contribution in [2.75, 3.05) is 44.3 Å². The van der Waals surface area contributed by atoms with Crippen LogP contribution in [0.3, 0.4) is 0 Å². The molecular formula is C35H42ClF2N3O7S. The number of carbonyl (C=O) groups is 2. The predicted molar refractivity (Wildman–Crippen MR) is 179 cm³/mol. The number of alkyl halides is 2. The number of amides is 2. The standard InChI is InChI=1S/C35H42ClF2N3O7S/c1-34(2)33(43)39-49(44,45)27-11-13-31-29(17-27)40(14-4-3-6-23-16-26(36)10-8-25(23)19-46-31)18-24-9-12-28(24)30(7-5-15-48-34)47-20-32(42)41-21-35(37,38)22-41/h5,7-8,10-11,13,16-17,24,28,30H,3-4,6,9,12,14-15,18-22H2,1-2H3,(H,39,43)/b7-5-/t24-,28+,30-/m0/s1. The van der Waals surface area contributed by atoms with Gasteiger partial charge in [0.15, 0.2) is 0 Å². The number of nitrogens with zero attached hydrogens (tertiary/aromatic N) is 2. The van der Waals surface area contributed by atoms with Crippen molar-refractivity contribution in [3.63, 3.8) is 0 Å². The van der Waals surface area contributed by atoms with E-state index in [0.29, 0.717) is 29.5 Å². The smallest absolute Gasteiger partial charge is 0.282 e. The van der Waals surface area contributed by atoms with Crippen LogP contribution >= 0.6 is 11.6 Å². The molecule has 14 heteroatoms. The van der Waals surface area contributed by atoms with E-state index in [1.807, 2.05) is 18.2 Å². The molecule has 1 saturated heterocycles. The monoisotopic (exact) mass is 721 g/mol. The third kappa shape index (κ3) is 8.22. The van der Waals surface area contributed by atoms with Gasteiger partial charge in [0.1, 0.15) is 24.6 Å². The minimum atomic E-state index is -4.27. The van der Waals surface area contributed by atoms with Crippen LogP contribution in [0.2, 0.25) is 5.02 Å². The topological polar surface area (TPSA) is 114 Å². The third-order valence-electron chi connectivity index (χ3n) is 9.85. The van der Waals surface area contributed by atoms with E-state index < -0.39 is 52.6 Å². The molecule has 2 amide bonds. The number of halogens is 3. The summed E-state index contributed by atoms with van der Waals surface area (Å²) in [6.45, 7) is 2.78. The molecule has 2 aromatic rings. The van der Waals surface area contributed by atoms with E-state index in [2.05, 4.69) is 9.62 Å². The summed E-state index contributed by atoms with van der Waals surface area (Å²) >= 11 is 6.32. The number of aryl methyl sites for hydroxylation is 1. The molecule has 2 aromatic carbocycles. The first-order valence-electron chi connectivity index (χ1n) is 16.6. The highest BCUT2D eigenvalue weighted by Gasteiger charge is 2.46. The molecule has 266 valence electrons. The Kier molecular flexibility index (Phi) is 10.3. The van der Waals surface area contributed by atoms with Gasteiger partial charge in [-0.1, -0.05) is 29.8 Å². The van der Waals surface area contributed by atoms with E-state index in [1.165, 1.54) is 19.9 Å². The number of anilines is 1. The molecule has 2 fully saturated rings. The van der Waals surface area contributed by atoms with Gasteiger partial charge in [-0.25, -0.2) is 21.9 Å². The van der Waals surface area contributed by atoms with E-state index >= 15 is 0 Å². The molecule has 0 radical (unpaired) electrons. The van der Waals surface area contributed by atoms with Crippen molar-refractivity contribution >= 4 is 39.1 Å². The molecule has 0 spiro atoms. The van der Waals surface area contributed by atoms with Gasteiger partial charge in [0, 0.05) is 18.1 Å². The van der Waals surface area contributed by atoms with Crippen LogP contribution in [0.15, 0.2) is 53.4 Å². The summed E-state index contributed by atoms with van der Waals surface area (Å²) in [5.41, 5.74) is 1.17. The third-order valence-corrected chi connectivity index (χ3v) is 11.4. The maximum atomic E-state index is 13.6. The van der Waals surface area contributed by atoms with Crippen molar-refractivity contribution in [3.05, 3.63) is 64.7 Å². The number of fused-ring (bicyclic) bond motifs is 3. The summed E-state index contributed by atoms with van der Waals surface area (Å²) in [5.74, 6) is -3.60. The summed E-state index contributed by atoms with van der Waals surface area (Å²) in [4.78, 5) is 29.0. The van der Waals surface area contributed by atoms with Gasteiger partial charge in [0.25, 0.3) is 21.9 Å². The average molecular weight is 722 g/mol. The largest absolute Gasteiger partial charge is 0.487 e. The number of sulfonamides is 1. The maximum Gasteiger partial charge on any atom is 0.282 e. The van der Waals surface area contributed by atoms with Crippen LogP contribution in [-0.4, -0.2) is 82.2 Å². The first-order chi connectivity index (χ1) is 23.2. The van der Waals surface area contributed by atoms with Crippen molar-refractivity contribution in [1.29, 1.82) is 0 Å². The van der Waals surface area contributed by atoms with Gasteiger partial charge in [-0.15, -0.1) is 0 Å². The van der Waals surface area contributed by atoms with E-state index in [1.54, 1.807) is 24.3 Å². The highest BCUT2D eigenvalue weighted by atomic mass is 35.5. The van der Waals surface area contributed by atoms with Gasteiger partial charge >= 0.3 is 0 Å². The van der Waals surface area contributed by atoms with E-state index in [9.17, 15) is 26.8 Å². The van der Waals surface area contributed by atoms with Crippen LogP contribution in [0.1, 0.15) is 50.7 Å². The molecule has 3 atom stereocenters. The highest BCUT2D eigenvalue weighted by Crippen LogP contribution is 2.42. The summed E-state index contributed by atoms with van der Waals surface area (Å²) < 4.78 is 74.4. The molecule has 0 unspecified atom stereocenters. The Morgan fingerprint density at radius 2 is 1.90 bits per heavy atom. The van der Waals surface area contributed by atoms with Crippen LogP contribution in [0.4, 0.5) is 14.5 Å². The number of benzene rings is 2. The van der Waals surface area contributed by atoms with Crippen molar-refractivity contribution in [3.8, 4) is 5.75 Å². The lowest BCUT2D eigenvalue weighted by atomic mass is 9.70. The molecule has 10 nitrogen and oxygen atoms in total. The van der Waals surface area contributed by atoms with Crippen LogP contribution in [-0.2, 0) is 42.1 Å². The Morgan fingerprint density at radius 1 is 1.10 bits per heavy atom. The second-order valence-electron chi connectivity index (χ2n) is 13.8.